The summed E-state index contributed by atoms with van der Waals surface area (Å²) in [7, 11) is 0. The van der Waals surface area contributed by atoms with Gasteiger partial charge in [-0.15, -0.1) is 0 Å². The molecule has 0 aliphatic rings. The Labute approximate surface area is 120 Å². The lowest BCUT2D eigenvalue weighted by Gasteiger charge is -2.20. The Bertz CT molecular complexity index is 599. The fourth-order valence-electron chi connectivity index (χ4n) is 2.23. The van der Waals surface area contributed by atoms with Crippen molar-refractivity contribution < 1.29 is 4.39 Å². The molecule has 19 heavy (non-hydrogen) atoms. The highest BCUT2D eigenvalue weighted by Gasteiger charge is 2.18. The number of halogens is 2. The van der Waals surface area contributed by atoms with Crippen LogP contribution in [0.1, 0.15) is 28.3 Å². The van der Waals surface area contributed by atoms with E-state index >= 15 is 0 Å². The normalized spacial score (nSPS) is 12.5. The van der Waals surface area contributed by atoms with E-state index in [0.717, 1.165) is 21.2 Å². The van der Waals surface area contributed by atoms with Crippen LogP contribution in [0.5, 0.6) is 0 Å². The lowest BCUT2D eigenvalue weighted by Crippen LogP contribution is -2.29. The Kier molecular flexibility index (Phi) is 4.34. The summed E-state index contributed by atoms with van der Waals surface area (Å²) in [5.41, 5.74) is 6.91. The zero-order chi connectivity index (χ0) is 14.0. The van der Waals surface area contributed by atoms with Gasteiger partial charge in [0.1, 0.15) is 5.82 Å². The molecule has 1 atom stereocenters. The molecular formula is C15H16BrFN2. The lowest BCUT2D eigenvalue weighted by molar-refractivity contribution is 0.602. The van der Waals surface area contributed by atoms with Crippen LogP contribution in [-0.4, -0.2) is 0 Å². The van der Waals surface area contributed by atoms with Gasteiger partial charge in [-0.05, 0) is 48.7 Å². The predicted octanol–water partition coefficient (Wildman–Crippen LogP) is 3.76. The number of nitrogens with two attached hydrogens (primary N) is 1. The average Bonchev–Trinajstić information content (AvgIpc) is 2.36. The minimum absolute atomic E-state index is 0.245. The van der Waals surface area contributed by atoms with Gasteiger partial charge in [-0.25, -0.2) is 9.82 Å². The second-order valence-electron chi connectivity index (χ2n) is 4.63. The molecule has 0 radical (unpaired) electrons. The van der Waals surface area contributed by atoms with Gasteiger partial charge in [0, 0.05) is 4.47 Å². The van der Waals surface area contributed by atoms with Crippen LogP contribution in [-0.2, 0) is 0 Å². The molecule has 0 aliphatic carbocycles. The van der Waals surface area contributed by atoms with Gasteiger partial charge in [0.2, 0.25) is 0 Å². The van der Waals surface area contributed by atoms with Gasteiger partial charge < -0.3 is 0 Å². The Hall–Kier alpha value is -1.23. The van der Waals surface area contributed by atoms with E-state index in [4.69, 9.17) is 5.84 Å². The third-order valence-corrected chi connectivity index (χ3v) is 3.89. The Balaban J connectivity index is 2.52. The molecule has 0 fully saturated rings. The topological polar surface area (TPSA) is 38.0 Å². The van der Waals surface area contributed by atoms with Crippen molar-refractivity contribution in [2.24, 2.45) is 5.84 Å². The predicted molar refractivity (Wildman–Crippen MR) is 79.2 cm³/mol. The van der Waals surface area contributed by atoms with E-state index in [2.05, 4.69) is 27.4 Å². The van der Waals surface area contributed by atoms with Gasteiger partial charge >= 0.3 is 0 Å². The molecule has 0 saturated heterocycles. The van der Waals surface area contributed by atoms with Crippen molar-refractivity contribution in [3.8, 4) is 0 Å². The molecule has 0 aromatic heterocycles. The molecule has 0 heterocycles. The fraction of sp³-hybridized carbons (Fsp3) is 0.200. The summed E-state index contributed by atoms with van der Waals surface area (Å²) in [6, 6.07) is 10.5. The molecule has 2 rings (SSSR count). The molecular weight excluding hydrogens is 307 g/mol. The molecule has 0 amide bonds. The second-order valence-corrected chi connectivity index (χ2v) is 5.48. The molecule has 0 spiro atoms. The van der Waals surface area contributed by atoms with Gasteiger partial charge in [0.25, 0.3) is 0 Å². The molecule has 4 heteroatoms. The van der Waals surface area contributed by atoms with Crippen molar-refractivity contribution in [2.75, 3.05) is 0 Å². The van der Waals surface area contributed by atoms with Gasteiger partial charge in [-0.2, -0.15) is 0 Å². The van der Waals surface area contributed by atoms with Crippen molar-refractivity contribution in [1.29, 1.82) is 0 Å². The summed E-state index contributed by atoms with van der Waals surface area (Å²) in [4.78, 5) is 0. The third kappa shape index (κ3) is 3.03. The molecule has 2 nitrogen and oxygen atoms in total. The minimum Gasteiger partial charge on any atom is -0.271 e. The molecule has 0 aliphatic heterocycles. The zero-order valence-electron chi connectivity index (χ0n) is 10.9. The SMILES string of the molecule is Cc1ccc(C(NN)c2cc(F)ccc2Br)c(C)c1. The highest BCUT2D eigenvalue weighted by molar-refractivity contribution is 9.10. The fourth-order valence-corrected chi connectivity index (χ4v) is 2.71. The van der Waals surface area contributed by atoms with Crippen LogP contribution in [0.15, 0.2) is 40.9 Å². The average molecular weight is 323 g/mol. The second kappa shape index (κ2) is 5.82. The van der Waals surface area contributed by atoms with Gasteiger partial charge in [-0.1, -0.05) is 39.7 Å². The molecule has 100 valence electrons. The first kappa shape index (κ1) is 14.2. The third-order valence-electron chi connectivity index (χ3n) is 3.17. The summed E-state index contributed by atoms with van der Waals surface area (Å²) in [6.45, 7) is 4.07. The van der Waals surface area contributed by atoms with Crippen LogP contribution < -0.4 is 11.3 Å². The molecule has 0 saturated carbocycles. The van der Waals surface area contributed by atoms with Crippen LogP contribution in [0, 0.1) is 19.7 Å². The summed E-state index contributed by atoms with van der Waals surface area (Å²) in [5, 5.41) is 0. The van der Waals surface area contributed by atoms with Gasteiger partial charge in [0.05, 0.1) is 6.04 Å². The van der Waals surface area contributed by atoms with Crippen molar-refractivity contribution in [3.05, 3.63) is 68.9 Å². The quantitative estimate of drug-likeness (QED) is 0.667. The number of nitrogens with one attached hydrogen (secondary N) is 1. The Morgan fingerprint density at radius 1 is 1.11 bits per heavy atom. The largest absolute Gasteiger partial charge is 0.271 e. The molecule has 3 N–H and O–H groups in total. The monoisotopic (exact) mass is 322 g/mol. The Morgan fingerprint density at radius 2 is 1.84 bits per heavy atom. The van der Waals surface area contributed by atoms with Crippen molar-refractivity contribution in [3.63, 3.8) is 0 Å². The first-order chi connectivity index (χ1) is 9.02. The Morgan fingerprint density at radius 3 is 2.47 bits per heavy atom. The zero-order valence-corrected chi connectivity index (χ0v) is 12.5. The van der Waals surface area contributed by atoms with E-state index in [9.17, 15) is 4.39 Å². The maximum Gasteiger partial charge on any atom is 0.123 e. The first-order valence-corrected chi connectivity index (χ1v) is 6.80. The summed E-state index contributed by atoms with van der Waals surface area (Å²) >= 11 is 3.45. The first-order valence-electron chi connectivity index (χ1n) is 6.01. The van der Waals surface area contributed by atoms with Gasteiger partial charge in [-0.3, -0.25) is 5.84 Å². The van der Waals surface area contributed by atoms with E-state index in [1.54, 1.807) is 6.07 Å². The molecule has 2 aromatic rings. The number of hydrogen-bond acceptors (Lipinski definition) is 2. The summed E-state index contributed by atoms with van der Waals surface area (Å²) < 4.78 is 14.3. The van der Waals surface area contributed by atoms with Crippen LogP contribution >= 0.6 is 15.9 Å². The van der Waals surface area contributed by atoms with Gasteiger partial charge in [0.15, 0.2) is 0 Å². The van der Waals surface area contributed by atoms with Crippen LogP contribution in [0.25, 0.3) is 0 Å². The van der Waals surface area contributed by atoms with E-state index in [1.807, 2.05) is 26.0 Å². The number of hydrogen-bond donors (Lipinski definition) is 2. The minimum atomic E-state index is -0.275. The van der Waals surface area contributed by atoms with Crippen LogP contribution in [0.4, 0.5) is 4.39 Å². The highest BCUT2D eigenvalue weighted by Crippen LogP contribution is 2.30. The van der Waals surface area contributed by atoms with Crippen molar-refractivity contribution >= 4 is 15.9 Å². The van der Waals surface area contributed by atoms with E-state index in [1.165, 1.54) is 17.7 Å². The number of benzene rings is 2. The number of rotatable bonds is 3. The maximum absolute atomic E-state index is 13.4. The van der Waals surface area contributed by atoms with Crippen molar-refractivity contribution in [1.82, 2.24) is 5.43 Å². The summed E-state index contributed by atoms with van der Waals surface area (Å²) in [5.74, 6) is 5.39. The molecule has 0 bridgehead atoms. The lowest BCUT2D eigenvalue weighted by atomic mass is 9.94. The van der Waals surface area contributed by atoms with E-state index in [0.29, 0.717) is 0 Å². The molecule has 1 unspecified atom stereocenters. The number of aryl methyl sites for hydroxylation is 2. The maximum atomic E-state index is 13.4. The standard InChI is InChI=1S/C15H16BrFN2/c1-9-3-5-12(10(2)7-9)15(19-18)13-8-11(17)4-6-14(13)16/h3-8,15,19H,18H2,1-2H3. The van der Waals surface area contributed by atoms with Crippen LogP contribution in [0.2, 0.25) is 0 Å². The molecule has 2 aromatic carbocycles. The van der Waals surface area contributed by atoms with E-state index < -0.39 is 0 Å². The summed E-state index contributed by atoms with van der Waals surface area (Å²) in [6.07, 6.45) is 0. The van der Waals surface area contributed by atoms with Crippen LogP contribution in [0.3, 0.4) is 0 Å². The highest BCUT2D eigenvalue weighted by atomic mass is 79.9. The van der Waals surface area contributed by atoms with E-state index in [-0.39, 0.29) is 11.9 Å². The van der Waals surface area contributed by atoms with Crippen molar-refractivity contribution in [2.45, 2.75) is 19.9 Å². The number of hydrazine groups is 1. The smallest absolute Gasteiger partial charge is 0.123 e.